The molecule has 0 heterocycles. The second kappa shape index (κ2) is 7.07. The molecule has 0 bridgehead atoms. The molecule has 0 amide bonds. The van der Waals surface area contributed by atoms with E-state index in [2.05, 4.69) is 5.32 Å². The van der Waals surface area contributed by atoms with Crippen molar-refractivity contribution in [3.05, 3.63) is 63.9 Å². The van der Waals surface area contributed by atoms with E-state index in [0.717, 1.165) is 5.56 Å². The Morgan fingerprint density at radius 1 is 1.29 bits per heavy atom. The summed E-state index contributed by atoms with van der Waals surface area (Å²) in [5, 5.41) is 12.5. The van der Waals surface area contributed by atoms with Crippen LogP contribution in [0, 0.1) is 17.1 Å². The number of nitrogens with zero attached hydrogens (tertiary/aromatic N) is 1. The van der Waals surface area contributed by atoms with Crippen molar-refractivity contribution in [3.63, 3.8) is 0 Å². The molecule has 0 aliphatic rings. The van der Waals surface area contributed by atoms with E-state index >= 15 is 0 Å². The summed E-state index contributed by atoms with van der Waals surface area (Å²) in [6.07, 6.45) is 0. The highest BCUT2D eigenvalue weighted by atomic mass is 35.5. The molecule has 0 saturated heterocycles. The quantitative estimate of drug-likeness (QED) is 0.917. The number of nitrogens with one attached hydrogen (secondary N) is 1. The summed E-state index contributed by atoms with van der Waals surface area (Å²) in [6.45, 7) is 0.745. The average molecular weight is 305 g/mol. The summed E-state index contributed by atoms with van der Waals surface area (Å²) < 4.78 is 18.9. The predicted octanol–water partition coefficient (Wildman–Crippen LogP) is 3.65. The molecule has 0 aliphatic heterocycles. The van der Waals surface area contributed by atoms with Gasteiger partial charge in [-0.1, -0.05) is 17.7 Å². The fourth-order valence-corrected chi connectivity index (χ4v) is 2.24. The summed E-state index contributed by atoms with van der Waals surface area (Å²) in [7, 11) is 1.57. The second-order valence-corrected chi connectivity index (χ2v) is 4.85. The topological polar surface area (TPSA) is 45.0 Å². The van der Waals surface area contributed by atoms with E-state index < -0.39 is 0 Å². The minimum absolute atomic E-state index is 0.301. The number of hydrogen-bond donors (Lipinski definition) is 1. The van der Waals surface area contributed by atoms with Gasteiger partial charge in [0.05, 0.1) is 18.7 Å². The van der Waals surface area contributed by atoms with Gasteiger partial charge in [-0.15, -0.1) is 0 Å². The van der Waals surface area contributed by atoms with Crippen LogP contribution in [-0.2, 0) is 13.1 Å². The smallest absolute Gasteiger partial charge is 0.127 e. The molecule has 2 rings (SSSR count). The molecule has 0 aliphatic carbocycles. The van der Waals surface area contributed by atoms with Gasteiger partial charge in [0, 0.05) is 29.2 Å². The van der Waals surface area contributed by atoms with Crippen LogP contribution in [0.5, 0.6) is 5.75 Å². The van der Waals surface area contributed by atoms with Crippen LogP contribution < -0.4 is 10.1 Å². The first-order chi connectivity index (χ1) is 10.2. The standard InChI is InChI=1S/C16H14ClFN2O/c1-21-16-4-2-3-14(17)13(16)10-20-9-12-7-11(8-19)5-6-15(12)18/h2-7,20H,9-10H2,1H3. The molecular formula is C16H14ClFN2O. The summed E-state index contributed by atoms with van der Waals surface area (Å²) >= 11 is 6.13. The van der Waals surface area contributed by atoms with E-state index in [1.165, 1.54) is 18.2 Å². The van der Waals surface area contributed by atoms with Gasteiger partial charge in [-0.05, 0) is 30.3 Å². The normalized spacial score (nSPS) is 10.2. The first-order valence-electron chi connectivity index (χ1n) is 6.36. The van der Waals surface area contributed by atoms with Gasteiger partial charge in [0.2, 0.25) is 0 Å². The minimum Gasteiger partial charge on any atom is -0.496 e. The van der Waals surface area contributed by atoms with Crippen molar-refractivity contribution >= 4 is 11.6 Å². The van der Waals surface area contributed by atoms with Crippen LogP contribution in [0.1, 0.15) is 16.7 Å². The third-order valence-corrected chi connectivity index (χ3v) is 3.44. The summed E-state index contributed by atoms with van der Waals surface area (Å²) in [5.41, 5.74) is 1.70. The van der Waals surface area contributed by atoms with Gasteiger partial charge in [-0.2, -0.15) is 5.26 Å². The average Bonchev–Trinajstić information content (AvgIpc) is 2.50. The molecule has 1 N–H and O–H groups in total. The third kappa shape index (κ3) is 3.72. The molecule has 0 unspecified atom stereocenters. The zero-order valence-electron chi connectivity index (χ0n) is 11.5. The van der Waals surface area contributed by atoms with E-state index in [0.29, 0.717) is 35.0 Å². The van der Waals surface area contributed by atoms with Gasteiger partial charge in [-0.25, -0.2) is 4.39 Å². The molecule has 2 aromatic rings. The molecule has 5 heteroatoms. The van der Waals surface area contributed by atoms with Gasteiger partial charge < -0.3 is 10.1 Å². The largest absolute Gasteiger partial charge is 0.496 e. The molecule has 0 spiro atoms. The van der Waals surface area contributed by atoms with E-state index in [9.17, 15) is 4.39 Å². The molecule has 0 radical (unpaired) electrons. The molecule has 0 aromatic heterocycles. The Hall–Kier alpha value is -2.09. The molecule has 0 saturated carbocycles. The summed E-state index contributed by atoms with van der Waals surface area (Å²) in [5.74, 6) is 0.342. The van der Waals surface area contributed by atoms with Gasteiger partial charge in [0.1, 0.15) is 11.6 Å². The zero-order chi connectivity index (χ0) is 15.2. The Morgan fingerprint density at radius 3 is 2.81 bits per heavy atom. The molecule has 0 fully saturated rings. The molecular weight excluding hydrogens is 291 g/mol. The maximum atomic E-state index is 13.7. The van der Waals surface area contributed by atoms with Crippen LogP contribution in [0.25, 0.3) is 0 Å². The van der Waals surface area contributed by atoms with Crippen LogP contribution in [0.2, 0.25) is 5.02 Å². The highest BCUT2D eigenvalue weighted by molar-refractivity contribution is 6.31. The lowest BCUT2D eigenvalue weighted by Crippen LogP contribution is -2.15. The Bertz CT molecular complexity index is 682. The second-order valence-electron chi connectivity index (χ2n) is 4.44. The van der Waals surface area contributed by atoms with Crippen molar-refractivity contribution in [1.82, 2.24) is 5.32 Å². The number of ether oxygens (including phenoxy) is 1. The fourth-order valence-electron chi connectivity index (χ4n) is 2.00. The van der Waals surface area contributed by atoms with Crippen molar-refractivity contribution in [1.29, 1.82) is 5.26 Å². The Balaban J connectivity index is 2.07. The first-order valence-corrected chi connectivity index (χ1v) is 6.74. The van der Waals surface area contributed by atoms with Crippen molar-refractivity contribution < 1.29 is 9.13 Å². The van der Waals surface area contributed by atoms with E-state index in [1.807, 2.05) is 12.1 Å². The van der Waals surface area contributed by atoms with Gasteiger partial charge in [0.25, 0.3) is 0 Å². The lowest BCUT2D eigenvalue weighted by molar-refractivity contribution is 0.407. The lowest BCUT2D eigenvalue weighted by atomic mass is 10.1. The highest BCUT2D eigenvalue weighted by Crippen LogP contribution is 2.26. The SMILES string of the molecule is COc1cccc(Cl)c1CNCc1cc(C#N)ccc1F. The fraction of sp³-hybridized carbons (Fsp3) is 0.188. The van der Waals surface area contributed by atoms with Crippen LogP contribution in [-0.4, -0.2) is 7.11 Å². The maximum absolute atomic E-state index is 13.7. The van der Waals surface area contributed by atoms with Crippen molar-refractivity contribution in [2.24, 2.45) is 0 Å². The number of nitriles is 1. The van der Waals surface area contributed by atoms with Crippen LogP contribution in [0.3, 0.4) is 0 Å². The van der Waals surface area contributed by atoms with E-state index in [1.54, 1.807) is 19.2 Å². The highest BCUT2D eigenvalue weighted by Gasteiger charge is 2.08. The molecule has 21 heavy (non-hydrogen) atoms. The summed E-state index contributed by atoms with van der Waals surface area (Å²) in [6, 6.07) is 11.7. The van der Waals surface area contributed by atoms with E-state index in [-0.39, 0.29) is 5.82 Å². The zero-order valence-corrected chi connectivity index (χ0v) is 12.2. The van der Waals surface area contributed by atoms with Crippen molar-refractivity contribution in [3.8, 4) is 11.8 Å². The number of methoxy groups -OCH3 is 1. The monoisotopic (exact) mass is 304 g/mol. The van der Waals surface area contributed by atoms with Gasteiger partial charge in [0.15, 0.2) is 0 Å². The molecule has 2 aromatic carbocycles. The molecule has 0 atom stereocenters. The van der Waals surface area contributed by atoms with Crippen LogP contribution in [0.4, 0.5) is 4.39 Å². The van der Waals surface area contributed by atoms with Crippen LogP contribution in [0.15, 0.2) is 36.4 Å². The Morgan fingerprint density at radius 2 is 2.10 bits per heavy atom. The first kappa shape index (κ1) is 15.3. The Kier molecular flexibility index (Phi) is 5.15. The van der Waals surface area contributed by atoms with Gasteiger partial charge in [-0.3, -0.25) is 0 Å². The predicted molar refractivity (Wildman–Crippen MR) is 79.7 cm³/mol. The maximum Gasteiger partial charge on any atom is 0.127 e. The Labute approximate surface area is 127 Å². The minimum atomic E-state index is -0.340. The number of rotatable bonds is 5. The molecule has 108 valence electrons. The van der Waals surface area contributed by atoms with Gasteiger partial charge >= 0.3 is 0 Å². The third-order valence-electron chi connectivity index (χ3n) is 3.09. The van der Waals surface area contributed by atoms with E-state index in [4.69, 9.17) is 21.6 Å². The summed E-state index contributed by atoms with van der Waals surface area (Å²) in [4.78, 5) is 0. The van der Waals surface area contributed by atoms with Crippen molar-refractivity contribution in [2.75, 3.05) is 7.11 Å². The number of halogens is 2. The molecule has 3 nitrogen and oxygen atoms in total. The lowest BCUT2D eigenvalue weighted by Gasteiger charge is -2.11. The van der Waals surface area contributed by atoms with Crippen LogP contribution >= 0.6 is 11.6 Å². The van der Waals surface area contributed by atoms with Crippen molar-refractivity contribution in [2.45, 2.75) is 13.1 Å². The number of hydrogen-bond acceptors (Lipinski definition) is 3. The number of benzene rings is 2.